The lowest BCUT2D eigenvalue weighted by molar-refractivity contribution is -0.172. The van der Waals surface area contributed by atoms with Crippen LogP contribution < -0.4 is 0 Å². The van der Waals surface area contributed by atoms with Crippen molar-refractivity contribution in [1.29, 1.82) is 0 Å². The normalized spacial score (nSPS) is 36.9. The Morgan fingerprint density at radius 3 is 1.23 bits per heavy atom. The van der Waals surface area contributed by atoms with E-state index in [1.165, 1.54) is 0 Å². The van der Waals surface area contributed by atoms with Gasteiger partial charge in [0.05, 0.1) is 116 Å². The summed E-state index contributed by atoms with van der Waals surface area (Å²) < 4.78 is 81.0. The molecule has 4 spiro atoms. The molecular weight excluding hydrogens is 1910 g/mol. The second kappa shape index (κ2) is 56.4. The maximum absolute atomic E-state index is 12.1. The number of hydrogen-bond donors (Lipinski definition) is 0. The van der Waals surface area contributed by atoms with Crippen molar-refractivity contribution in [3.63, 3.8) is 0 Å². The zero-order valence-corrected chi connectivity index (χ0v) is 82.6. The van der Waals surface area contributed by atoms with Crippen LogP contribution in [0.4, 0.5) is 0 Å². The van der Waals surface area contributed by atoms with Crippen LogP contribution in [-0.2, 0) is 143 Å². The van der Waals surface area contributed by atoms with E-state index in [0.29, 0.717) is 117 Å². The maximum atomic E-state index is 12.1. The molecule has 21 aliphatic rings. The molecule has 0 amide bonds. The molecule has 14 bridgehead atoms. The predicted octanol–water partition coefficient (Wildman–Crippen LogP) is 23.5. The smallest absolute Gasteiger partial charge is 0.344 e. The number of ether oxygens (including phenoxy) is 15. The lowest BCUT2D eigenvalue weighted by atomic mass is 9.71. The molecule has 21 fully saturated rings. The zero-order valence-electron chi connectivity index (χ0n) is 82.6. The van der Waals surface area contributed by atoms with Crippen LogP contribution >= 0.6 is 0 Å². The molecule has 7 heterocycles. The van der Waals surface area contributed by atoms with Crippen LogP contribution in [0, 0.1) is 176 Å². The first-order valence-electron chi connectivity index (χ1n) is 52.0. The summed E-state index contributed by atoms with van der Waals surface area (Å²) >= 11 is 0. The lowest BCUT2D eigenvalue weighted by Crippen LogP contribution is -2.45. The first kappa shape index (κ1) is 139. The fraction of sp³-hybridized carbons (Fsp3) is 0.874. The molecule has 0 aromatic rings. The van der Waals surface area contributed by atoms with Gasteiger partial charge >= 0.3 is 89.5 Å². The van der Waals surface area contributed by atoms with E-state index in [2.05, 4.69) is 0 Å². The number of esters is 15. The first-order valence-corrected chi connectivity index (χ1v) is 52.0. The summed E-state index contributed by atoms with van der Waals surface area (Å²) in [5.41, 5.74) is -1.10. The van der Waals surface area contributed by atoms with Gasteiger partial charge in [0, 0.05) is 58.2 Å². The Morgan fingerprint density at radius 1 is 0.362 bits per heavy atom. The van der Waals surface area contributed by atoms with Crippen molar-refractivity contribution in [3.8, 4) is 0 Å². The highest BCUT2D eigenvalue weighted by Crippen LogP contribution is 2.67. The third-order valence-electron chi connectivity index (χ3n) is 37.6. The van der Waals surface area contributed by atoms with Gasteiger partial charge in [-0.05, 0) is 235 Å². The molecule has 38 atom stereocenters. The van der Waals surface area contributed by atoms with Crippen molar-refractivity contribution in [1.82, 2.24) is 0 Å². The maximum Gasteiger partial charge on any atom is 0.344 e. The van der Waals surface area contributed by atoms with Crippen LogP contribution in [0.5, 0.6) is 0 Å². The Morgan fingerprint density at radius 2 is 0.779 bits per heavy atom. The quantitative estimate of drug-likeness (QED) is 0.0605. The number of cyclic esters (lactones) is 4. The molecule has 14 aliphatic carbocycles. The van der Waals surface area contributed by atoms with E-state index in [1.807, 2.05) is 104 Å². The summed E-state index contributed by atoms with van der Waals surface area (Å²) in [6.45, 7) is 33.1. The third kappa shape index (κ3) is 27.6. The van der Waals surface area contributed by atoms with Gasteiger partial charge in [0.15, 0.2) is 6.61 Å². The Kier molecular flexibility index (Phi) is 52.7. The van der Waals surface area contributed by atoms with Crippen molar-refractivity contribution in [2.45, 2.75) is 455 Å². The van der Waals surface area contributed by atoms with Crippen molar-refractivity contribution in [2.24, 2.45) is 176 Å². The molecule has 0 aromatic heterocycles. The van der Waals surface area contributed by atoms with Gasteiger partial charge in [0.2, 0.25) is 0 Å². The minimum absolute atomic E-state index is 0. The van der Waals surface area contributed by atoms with Crippen molar-refractivity contribution >= 4 is 89.5 Å². The van der Waals surface area contributed by atoms with E-state index in [1.54, 1.807) is 6.92 Å². The van der Waals surface area contributed by atoms with Gasteiger partial charge in [-0.1, -0.05) is 201 Å². The standard InChI is InChI=1S/C16H24O4.C15H20O6.4C15H22O4.C14H20O4.14CH4/c1-5-8(2)14(17)20-16(3,4)13-9-6-10-11(7-9)19-15(18)12(10)13;1-3-7(2)14(17)19-6-11(16)20-12-8-4-9-10(5-8)15(18)21-13(9)12;1-3-9(2)14(17)19-12-5-11-4-10(12)6-15(11)7-13(16)18-8-15;1-3-9(2)14(17)19-12-5-10-4-11(12)15(6-10)7-13(16)18-8-15;1-3-9(2)13(16)19-12-7-11-6-10(12)8-15(11)4-5-18-14(15)17;1-3-9(2)13(16)19-12-7-10-6-11(12)15(8-10)4-5-18-14(15)17;1-3-7(2)13(15)17-6-10-8-4-9-11(5-8)18-14(16)12(9)10;;;;;;;;;;;;;;/h8-13H,5-7H2,1-4H3;7-10,12-13H,3-6H2,1-2H3;4*9-12H,3-8H2,1-2H3;7-12H,3-6H2,1-2H3;14*1H4. The van der Waals surface area contributed by atoms with Gasteiger partial charge in [0.25, 0.3) is 0 Å². The molecule has 0 aromatic carbocycles. The van der Waals surface area contributed by atoms with Crippen molar-refractivity contribution in [3.05, 3.63) is 0 Å². The molecule has 21 rings (SSSR count). The van der Waals surface area contributed by atoms with Gasteiger partial charge in [-0.3, -0.25) is 67.1 Å². The Labute approximate surface area is 898 Å². The second-order valence-corrected chi connectivity index (χ2v) is 45.7. The summed E-state index contributed by atoms with van der Waals surface area (Å²) in [5, 5.41) is 0. The van der Waals surface area contributed by atoms with Gasteiger partial charge in [-0.2, -0.15) is 0 Å². The number of fused-ring (bicyclic) bond motifs is 15. The molecule has 30 heteroatoms. The fourth-order valence-electron chi connectivity index (χ4n) is 28.6. The largest absolute Gasteiger partial charge is 0.465 e. The van der Waals surface area contributed by atoms with E-state index >= 15 is 0 Å². The molecule has 149 heavy (non-hydrogen) atoms. The molecule has 38 unspecified atom stereocenters. The van der Waals surface area contributed by atoms with Gasteiger partial charge in [-0.15, -0.1) is 0 Å². The van der Waals surface area contributed by atoms with E-state index in [0.717, 1.165) is 167 Å². The third-order valence-corrected chi connectivity index (χ3v) is 37.6. The van der Waals surface area contributed by atoms with Crippen molar-refractivity contribution < 1.29 is 143 Å². The van der Waals surface area contributed by atoms with E-state index in [4.69, 9.17) is 71.1 Å². The zero-order chi connectivity index (χ0) is 97.1. The second-order valence-electron chi connectivity index (χ2n) is 45.7. The number of carbonyl (C=O) groups excluding carboxylic acids is 15. The predicted molar refractivity (Wildman–Crippen MR) is 573 cm³/mol. The summed E-state index contributed by atoms with van der Waals surface area (Å²) in [6.07, 6.45) is 25.4. The minimum Gasteiger partial charge on any atom is -0.465 e. The fourth-order valence-corrected chi connectivity index (χ4v) is 28.6. The SMILES string of the molecule is C.C.C.C.C.C.C.C.C.C.C.C.C.C.CCC(C)C(=O)OC(C)(C)C1C2CC3OC(=O)C1C3C2.CCC(C)C(=O)OC1CC2CC1C1(CCOC1=O)C2.CCC(C)C(=O)OC1CC2CC1C1(COC(=O)C1)C2.CCC(C)C(=O)OC1CC2CC1CC21CCOC1=O.CCC(C)C(=O)OC1CC2CC1CC21COC(=O)C1.CCC(C)C(=O)OCC(=O)OC1C2CC3C(=O)OC1C3C2.CCC(C)C(=O)OCC1C2CC3OC(=O)C1C3C2. The Balaban J connectivity index is 0.000000856. The van der Waals surface area contributed by atoms with Crippen LogP contribution in [0.25, 0.3) is 0 Å². The highest BCUT2D eigenvalue weighted by atomic mass is 16.6. The summed E-state index contributed by atoms with van der Waals surface area (Å²) in [5.74, 6) is 3.17. The molecule has 7 aliphatic heterocycles. The van der Waals surface area contributed by atoms with Crippen molar-refractivity contribution in [2.75, 3.05) is 39.6 Å². The summed E-state index contributed by atoms with van der Waals surface area (Å²) in [7, 11) is 0. The van der Waals surface area contributed by atoms with E-state index < -0.39 is 17.5 Å². The topological polar surface area (TPSA) is 394 Å². The molecule has 864 valence electrons. The Hall–Kier alpha value is -7.95. The number of hydrogen-bond acceptors (Lipinski definition) is 30. The lowest BCUT2D eigenvalue weighted by Gasteiger charge is -2.38. The number of carbonyl (C=O) groups is 15. The molecule has 0 radical (unpaired) electrons. The number of rotatable bonds is 25. The summed E-state index contributed by atoms with van der Waals surface area (Å²) in [4.78, 5) is 177. The van der Waals surface area contributed by atoms with Crippen LogP contribution in [0.15, 0.2) is 0 Å². The van der Waals surface area contributed by atoms with Crippen LogP contribution in [0.2, 0.25) is 0 Å². The minimum atomic E-state index is -0.584. The first-order chi connectivity index (χ1) is 64.2. The van der Waals surface area contributed by atoms with Crippen LogP contribution in [0.1, 0.15) is 401 Å². The summed E-state index contributed by atoms with van der Waals surface area (Å²) in [6, 6.07) is 0. The van der Waals surface area contributed by atoms with Crippen LogP contribution in [-0.4, -0.2) is 184 Å². The average Bonchev–Trinajstić information content (AvgIpc) is 1.54. The van der Waals surface area contributed by atoms with Gasteiger partial charge < -0.3 is 71.1 Å². The van der Waals surface area contributed by atoms with Gasteiger partial charge in [-0.25, -0.2) is 4.79 Å². The van der Waals surface area contributed by atoms with Gasteiger partial charge in [0.1, 0.15) is 54.4 Å². The van der Waals surface area contributed by atoms with E-state index in [9.17, 15) is 71.9 Å². The Bertz CT molecular complexity index is 4440. The highest BCUT2D eigenvalue weighted by molar-refractivity contribution is 5.83. The van der Waals surface area contributed by atoms with E-state index in [-0.39, 0.29) is 347 Å². The molecule has 0 N–H and O–H groups in total. The monoisotopic (exact) mass is 2120 g/mol. The highest BCUT2D eigenvalue weighted by Gasteiger charge is 2.70. The molecule has 7 saturated heterocycles. The molecule has 14 saturated carbocycles. The molecule has 30 nitrogen and oxygen atoms in total. The van der Waals surface area contributed by atoms with Crippen LogP contribution in [0.3, 0.4) is 0 Å². The average molecular weight is 2120 g/mol. The molecular formula is C119H208O30.